The topological polar surface area (TPSA) is 49.9 Å². The van der Waals surface area contributed by atoms with Gasteiger partial charge in [-0.2, -0.15) is 0 Å². The number of fused-ring (bicyclic) bond motifs is 1. The zero-order valence-electron chi connectivity index (χ0n) is 15.8. The number of carbonyl (C=O) groups is 2. The molecule has 0 aliphatic carbocycles. The van der Waals surface area contributed by atoms with Gasteiger partial charge in [0.25, 0.3) is 11.8 Å². The number of nitrogens with zero attached hydrogens (tertiary/aromatic N) is 2. The van der Waals surface area contributed by atoms with Crippen LogP contribution in [0.15, 0.2) is 66.7 Å². The molecule has 1 saturated heterocycles. The molecular formula is C23H22N2O3. The average Bonchev–Trinajstić information content (AvgIpc) is 2.78. The molecule has 3 aromatic carbocycles. The molecule has 28 heavy (non-hydrogen) atoms. The molecule has 2 amide bonds. The maximum Gasteiger partial charge on any atom is 0.257 e. The van der Waals surface area contributed by atoms with Gasteiger partial charge in [-0.15, -0.1) is 0 Å². The summed E-state index contributed by atoms with van der Waals surface area (Å²) in [5.41, 5.74) is 1.24. The number of methoxy groups -OCH3 is 1. The van der Waals surface area contributed by atoms with Crippen LogP contribution in [0.4, 0.5) is 0 Å². The second-order valence-corrected chi connectivity index (χ2v) is 6.85. The van der Waals surface area contributed by atoms with E-state index in [0.29, 0.717) is 43.1 Å². The molecule has 0 unspecified atom stereocenters. The number of piperazine rings is 1. The van der Waals surface area contributed by atoms with Crippen LogP contribution in [-0.2, 0) is 0 Å². The first-order valence-corrected chi connectivity index (χ1v) is 9.38. The predicted octanol–water partition coefficient (Wildman–Crippen LogP) is 3.45. The number of carbonyl (C=O) groups excluding carboxylic acids is 2. The van der Waals surface area contributed by atoms with Crippen molar-refractivity contribution in [2.24, 2.45) is 0 Å². The van der Waals surface area contributed by atoms with Crippen molar-refractivity contribution in [2.75, 3.05) is 33.3 Å². The summed E-state index contributed by atoms with van der Waals surface area (Å²) in [5, 5.41) is 2.04. The minimum absolute atomic E-state index is 0.0102. The predicted molar refractivity (Wildman–Crippen MR) is 109 cm³/mol. The van der Waals surface area contributed by atoms with Crippen molar-refractivity contribution in [1.82, 2.24) is 9.80 Å². The SMILES string of the molecule is COc1cc2ccccc2cc1C(=O)N1CCN(C(=O)c2ccccc2)CC1. The summed E-state index contributed by atoms with van der Waals surface area (Å²) < 4.78 is 5.47. The van der Waals surface area contributed by atoms with Crippen LogP contribution >= 0.6 is 0 Å². The lowest BCUT2D eigenvalue weighted by molar-refractivity contribution is 0.0533. The quantitative estimate of drug-likeness (QED) is 0.706. The summed E-state index contributed by atoms with van der Waals surface area (Å²) in [4.78, 5) is 29.3. The molecule has 0 aromatic heterocycles. The lowest BCUT2D eigenvalue weighted by Gasteiger charge is -2.35. The van der Waals surface area contributed by atoms with Gasteiger partial charge in [0.1, 0.15) is 5.75 Å². The zero-order chi connectivity index (χ0) is 19.5. The van der Waals surface area contributed by atoms with Crippen LogP contribution in [0.1, 0.15) is 20.7 Å². The Labute approximate surface area is 164 Å². The molecule has 4 rings (SSSR count). The first-order valence-electron chi connectivity index (χ1n) is 9.38. The van der Waals surface area contributed by atoms with E-state index < -0.39 is 0 Å². The van der Waals surface area contributed by atoms with Gasteiger partial charge in [-0.05, 0) is 35.0 Å². The van der Waals surface area contributed by atoms with Crippen molar-refractivity contribution in [3.05, 3.63) is 77.9 Å². The Balaban J connectivity index is 1.50. The van der Waals surface area contributed by atoms with E-state index in [2.05, 4.69) is 0 Å². The van der Waals surface area contributed by atoms with Gasteiger partial charge in [-0.1, -0.05) is 42.5 Å². The smallest absolute Gasteiger partial charge is 0.257 e. The normalized spacial score (nSPS) is 14.2. The van der Waals surface area contributed by atoms with Crippen LogP contribution in [0.5, 0.6) is 5.75 Å². The minimum Gasteiger partial charge on any atom is -0.496 e. The average molecular weight is 374 g/mol. The van der Waals surface area contributed by atoms with Crippen LogP contribution in [0, 0.1) is 0 Å². The fraction of sp³-hybridized carbons (Fsp3) is 0.217. The molecule has 1 fully saturated rings. The van der Waals surface area contributed by atoms with Crippen molar-refractivity contribution in [3.8, 4) is 5.75 Å². The highest BCUT2D eigenvalue weighted by Crippen LogP contribution is 2.27. The number of hydrogen-bond acceptors (Lipinski definition) is 3. The van der Waals surface area contributed by atoms with E-state index in [1.54, 1.807) is 16.9 Å². The number of hydrogen-bond donors (Lipinski definition) is 0. The summed E-state index contributed by atoms with van der Waals surface area (Å²) in [6.45, 7) is 2.06. The third-order valence-corrected chi connectivity index (χ3v) is 5.17. The Hall–Kier alpha value is -3.34. The maximum absolute atomic E-state index is 13.1. The van der Waals surface area contributed by atoms with Crippen LogP contribution in [-0.4, -0.2) is 54.9 Å². The molecule has 3 aromatic rings. The largest absolute Gasteiger partial charge is 0.496 e. The van der Waals surface area contributed by atoms with E-state index >= 15 is 0 Å². The number of rotatable bonds is 3. The highest BCUT2D eigenvalue weighted by molar-refractivity contribution is 6.02. The van der Waals surface area contributed by atoms with Crippen LogP contribution < -0.4 is 4.74 Å². The van der Waals surface area contributed by atoms with Gasteiger partial charge in [0.2, 0.25) is 0 Å². The van der Waals surface area contributed by atoms with Gasteiger partial charge in [0.05, 0.1) is 12.7 Å². The molecule has 5 heteroatoms. The summed E-state index contributed by atoms with van der Waals surface area (Å²) in [5.74, 6) is 0.525. The van der Waals surface area contributed by atoms with Gasteiger partial charge in [0, 0.05) is 31.7 Å². The fourth-order valence-corrected chi connectivity index (χ4v) is 3.60. The Bertz CT molecular complexity index is 1010. The second kappa shape index (κ2) is 7.72. The van der Waals surface area contributed by atoms with E-state index in [-0.39, 0.29) is 11.8 Å². The van der Waals surface area contributed by atoms with Crippen molar-refractivity contribution >= 4 is 22.6 Å². The molecule has 142 valence electrons. The van der Waals surface area contributed by atoms with Crippen LogP contribution in [0.2, 0.25) is 0 Å². The van der Waals surface area contributed by atoms with Gasteiger partial charge in [-0.25, -0.2) is 0 Å². The summed E-state index contributed by atoms with van der Waals surface area (Å²) >= 11 is 0. The summed E-state index contributed by atoms with van der Waals surface area (Å²) in [6.07, 6.45) is 0. The Kier molecular flexibility index (Phi) is 4.98. The molecule has 0 radical (unpaired) electrons. The second-order valence-electron chi connectivity index (χ2n) is 6.85. The molecule has 0 bridgehead atoms. The van der Waals surface area contributed by atoms with Crippen LogP contribution in [0.3, 0.4) is 0 Å². The maximum atomic E-state index is 13.1. The molecule has 1 aliphatic heterocycles. The van der Waals surface area contributed by atoms with E-state index in [9.17, 15) is 9.59 Å². The Morgan fingerprint density at radius 3 is 1.89 bits per heavy atom. The molecule has 1 heterocycles. The first-order chi connectivity index (χ1) is 13.7. The number of amides is 2. The fourth-order valence-electron chi connectivity index (χ4n) is 3.60. The number of ether oxygens (including phenoxy) is 1. The van der Waals surface area contributed by atoms with E-state index in [1.165, 1.54) is 0 Å². The Morgan fingerprint density at radius 1 is 0.750 bits per heavy atom. The molecule has 5 nitrogen and oxygen atoms in total. The van der Waals surface area contributed by atoms with Gasteiger partial charge >= 0.3 is 0 Å². The number of benzene rings is 3. The molecular weight excluding hydrogens is 352 g/mol. The van der Waals surface area contributed by atoms with E-state index in [0.717, 1.165) is 10.8 Å². The minimum atomic E-state index is -0.0607. The van der Waals surface area contributed by atoms with Crippen LogP contribution in [0.25, 0.3) is 10.8 Å². The van der Waals surface area contributed by atoms with Crippen molar-refractivity contribution < 1.29 is 14.3 Å². The van der Waals surface area contributed by atoms with Gasteiger partial charge in [0.15, 0.2) is 0 Å². The van der Waals surface area contributed by atoms with Gasteiger partial charge in [-0.3, -0.25) is 9.59 Å². The standard InChI is InChI=1S/C23H22N2O3/c1-28-21-16-19-10-6-5-9-18(19)15-20(21)23(27)25-13-11-24(12-14-25)22(26)17-7-3-2-4-8-17/h2-10,15-16H,11-14H2,1H3. The highest BCUT2D eigenvalue weighted by atomic mass is 16.5. The Morgan fingerprint density at radius 2 is 1.29 bits per heavy atom. The summed E-state index contributed by atoms with van der Waals surface area (Å²) in [6, 6.07) is 20.9. The highest BCUT2D eigenvalue weighted by Gasteiger charge is 2.27. The first kappa shape index (κ1) is 18.0. The molecule has 0 spiro atoms. The molecule has 0 N–H and O–H groups in total. The third kappa shape index (κ3) is 3.43. The van der Waals surface area contributed by atoms with Crippen molar-refractivity contribution in [3.63, 3.8) is 0 Å². The molecule has 0 atom stereocenters. The third-order valence-electron chi connectivity index (χ3n) is 5.17. The lowest BCUT2D eigenvalue weighted by atomic mass is 10.0. The molecule has 1 aliphatic rings. The van der Waals surface area contributed by atoms with Crippen molar-refractivity contribution in [1.29, 1.82) is 0 Å². The lowest BCUT2D eigenvalue weighted by Crippen LogP contribution is -2.50. The van der Waals surface area contributed by atoms with E-state index in [4.69, 9.17) is 4.74 Å². The van der Waals surface area contributed by atoms with E-state index in [1.807, 2.05) is 66.7 Å². The molecule has 0 saturated carbocycles. The monoisotopic (exact) mass is 374 g/mol. The van der Waals surface area contributed by atoms with Crippen molar-refractivity contribution in [2.45, 2.75) is 0 Å². The summed E-state index contributed by atoms with van der Waals surface area (Å²) in [7, 11) is 1.58. The zero-order valence-corrected chi connectivity index (χ0v) is 15.8. The van der Waals surface area contributed by atoms with Gasteiger partial charge < -0.3 is 14.5 Å².